The summed E-state index contributed by atoms with van der Waals surface area (Å²) in [6.07, 6.45) is 4.42. The van der Waals surface area contributed by atoms with E-state index in [0.29, 0.717) is 19.5 Å². The summed E-state index contributed by atoms with van der Waals surface area (Å²) < 4.78 is 32.4. The van der Waals surface area contributed by atoms with Crippen molar-refractivity contribution in [2.24, 2.45) is 0 Å². The first-order valence-corrected chi connectivity index (χ1v) is 10.7. The number of nitrogens with zero attached hydrogens (tertiary/aromatic N) is 1. The van der Waals surface area contributed by atoms with E-state index in [1.807, 2.05) is 53.9 Å². The molecule has 4 nitrogen and oxygen atoms in total. The molecule has 2 heterocycles. The van der Waals surface area contributed by atoms with Gasteiger partial charge in [0.1, 0.15) is 0 Å². The highest BCUT2D eigenvalue weighted by molar-refractivity contribution is 7.89. The van der Waals surface area contributed by atoms with Gasteiger partial charge in [-0.25, -0.2) is 8.42 Å². The number of thiophene rings is 1. The summed E-state index contributed by atoms with van der Waals surface area (Å²) in [5.41, 5.74) is 1.90. The number of benzene rings is 1. The minimum Gasteiger partial charge on any atom is -0.472 e. The molecule has 0 atom stereocenters. The van der Waals surface area contributed by atoms with Crippen LogP contribution in [0, 0.1) is 0 Å². The van der Waals surface area contributed by atoms with E-state index in [-0.39, 0.29) is 5.75 Å². The molecule has 0 saturated carbocycles. The normalized spacial score (nSPS) is 11.9. The van der Waals surface area contributed by atoms with Gasteiger partial charge in [-0.05, 0) is 35.9 Å². The Morgan fingerprint density at radius 2 is 1.80 bits per heavy atom. The van der Waals surface area contributed by atoms with Gasteiger partial charge in [0, 0.05) is 23.5 Å². The van der Waals surface area contributed by atoms with Crippen molar-refractivity contribution in [3.8, 4) is 0 Å². The van der Waals surface area contributed by atoms with Crippen LogP contribution < -0.4 is 0 Å². The van der Waals surface area contributed by atoms with Crippen LogP contribution in [-0.4, -0.2) is 25.0 Å². The molecule has 6 heteroatoms. The Kier molecular flexibility index (Phi) is 6.07. The monoisotopic (exact) mass is 375 g/mol. The summed E-state index contributed by atoms with van der Waals surface area (Å²) in [5.74, 6) is 0.110. The van der Waals surface area contributed by atoms with E-state index >= 15 is 0 Å². The van der Waals surface area contributed by atoms with Crippen LogP contribution in [-0.2, 0) is 29.4 Å². The Hall–Kier alpha value is -1.89. The zero-order valence-electron chi connectivity index (χ0n) is 13.9. The van der Waals surface area contributed by atoms with Crippen molar-refractivity contribution in [2.75, 3.05) is 12.3 Å². The largest absolute Gasteiger partial charge is 0.472 e. The zero-order chi connectivity index (χ0) is 17.5. The molecule has 3 rings (SSSR count). The number of hydrogen-bond acceptors (Lipinski definition) is 4. The number of hydrogen-bond donors (Lipinski definition) is 0. The molecule has 0 aliphatic heterocycles. The Labute approximate surface area is 152 Å². The fourth-order valence-electron chi connectivity index (χ4n) is 2.61. The van der Waals surface area contributed by atoms with Gasteiger partial charge in [0.15, 0.2) is 0 Å². The van der Waals surface area contributed by atoms with Gasteiger partial charge in [0.2, 0.25) is 10.0 Å². The lowest BCUT2D eigenvalue weighted by Crippen LogP contribution is -2.34. The van der Waals surface area contributed by atoms with Crippen molar-refractivity contribution in [3.63, 3.8) is 0 Å². The first-order valence-electron chi connectivity index (χ1n) is 8.19. The predicted octanol–water partition coefficient (Wildman–Crippen LogP) is 3.96. The van der Waals surface area contributed by atoms with Crippen LogP contribution >= 0.6 is 11.3 Å². The molecule has 1 aromatic carbocycles. The second-order valence-electron chi connectivity index (χ2n) is 5.85. The second kappa shape index (κ2) is 8.47. The molecular weight excluding hydrogens is 354 g/mol. The molecule has 0 bridgehead atoms. The number of rotatable bonds is 9. The van der Waals surface area contributed by atoms with Crippen LogP contribution in [0.4, 0.5) is 0 Å². The van der Waals surface area contributed by atoms with E-state index in [4.69, 9.17) is 4.42 Å². The van der Waals surface area contributed by atoms with Crippen molar-refractivity contribution in [3.05, 3.63) is 82.4 Å². The maximum atomic E-state index is 12.9. The summed E-state index contributed by atoms with van der Waals surface area (Å²) in [7, 11) is -3.35. The Morgan fingerprint density at radius 1 is 0.960 bits per heavy atom. The molecule has 132 valence electrons. The van der Waals surface area contributed by atoms with Gasteiger partial charge < -0.3 is 4.42 Å². The van der Waals surface area contributed by atoms with Crippen LogP contribution in [0.15, 0.2) is 70.9 Å². The van der Waals surface area contributed by atoms with Crippen LogP contribution in [0.25, 0.3) is 0 Å². The Balaban J connectivity index is 1.69. The number of furan rings is 1. The highest BCUT2D eigenvalue weighted by Crippen LogP contribution is 2.16. The molecule has 2 aromatic heterocycles. The molecule has 0 aliphatic carbocycles. The third kappa shape index (κ3) is 5.29. The highest BCUT2D eigenvalue weighted by atomic mass is 32.2. The van der Waals surface area contributed by atoms with E-state index in [1.165, 1.54) is 4.88 Å². The average molecular weight is 376 g/mol. The van der Waals surface area contributed by atoms with Gasteiger partial charge in [0.05, 0.1) is 18.3 Å². The highest BCUT2D eigenvalue weighted by Gasteiger charge is 2.22. The molecule has 3 aromatic rings. The Morgan fingerprint density at radius 3 is 2.48 bits per heavy atom. The molecule has 0 N–H and O–H groups in total. The summed E-state index contributed by atoms with van der Waals surface area (Å²) >= 11 is 1.65. The smallest absolute Gasteiger partial charge is 0.214 e. The SMILES string of the molecule is O=S(=O)(CCc1ccccc1)N(CCc1cccs1)Cc1ccoc1. The molecule has 0 fully saturated rings. The van der Waals surface area contributed by atoms with Gasteiger partial charge in [-0.3, -0.25) is 0 Å². The van der Waals surface area contributed by atoms with Crippen LogP contribution in [0.1, 0.15) is 16.0 Å². The lowest BCUT2D eigenvalue weighted by molar-refractivity contribution is 0.408. The second-order valence-corrected chi connectivity index (χ2v) is 8.97. The molecule has 0 spiro atoms. The van der Waals surface area contributed by atoms with Crippen molar-refractivity contribution in [1.29, 1.82) is 0 Å². The summed E-state index contributed by atoms with van der Waals surface area (Å²) in [6, 6.07) is 15.6. The van der Waals surface area contributed by atoms with E-state index in [9.17, 15) is 8.42 Å². The molecule has 0 unspecified atom stereocenters. The average Bonchev–Trinajstić information content (AvgIpc) is 3.31. The van der Waals surface area contributed by atoms with Gasteiger partial charge in [-0.2, -0.15) is 4.31 Å². The number of sulfonamides is 1. The van der Waals surface area contributed by atoms with Crippen LogP contribution in [0.2, 0.25) is 0 Å². The van der Waals surface area contributed by atoms with Gasteiger partial charge in [-0.15, -0.1) is 11.3 Å². The van der Waals surface area contributed by atoms with Crippen molar-refractivity contribution >= 4 is 21.4 Å². The van der Waals surface area contributed by atoms with E-state index < -0.39 is 10.0 Å². The fraction of sp³-hybridized carbons (Fsp3) is 0.263. The number of aryl methyl sites for hydroxylation is 1. The minimum absolute atomic E-state index is 0.110. The van der Waals surface area contributed by atoms with Crippen LogP contribution in [0.3, 0.4) is 0 Å². The molecular formula is C19H21NO3S2. The first kappa shape index (κ1) is 17.9. The lowest BCUT2D eigenvalue weighted by atomic mass is 10.2. The van der Waals surface area contributed by atoms with Crippen molar-refractivity contribution in [2.45, 2.75) is 19.4 Å². The predicted molar refractivity (Wildman–Crippen MR) is 101 cm³/mol. The van der Waals surface area contributed by atoms with Crippen molar-refractivity contribution in [1.82, 2.24) is 4.31 Å². The molecule has 0 saturated heterocycles. The molecule has 25 heavy (non-hydrogen) atoms. The fourth-order valence-corrected chi connectivity index (χ4v) is 4.78. The van der Waals surface area contributed by atoms with E-state index in [0.717, 1.165) is 17.5 Å². The maximum Gasteiger partial charge on any atom is 0.214 e. The summed E-state index contributed by atoms with van der Waals surface area (Å²) in [5, 5.41) is 2.01. The molecule has 0 aliphatic rings. The Bertz CT molecular complexity index is 841. The standard InChI is InChI=1S/C19H21NO3S2/c21-25(22,14-10-17-5-2-1-3-6-17)20(15-18-9-12-23-16-18)11-8-19-7-4-13-24-19/h1-7,9,12-13,16H,8,10-11,14-15H2. The quantitative estimate of drug-likeness (QED) is 0.569. The lowest BCUT2D eigenvalue weighted by Gasteiger charge is -2.21. The third-order valence-electron chi connectivity index (χ3n) is 4.01. The van der Waals surface area contributed by atoms with E-state index in [2.05, 4.69) is 0 Å². The van der Waals surface area contributed by atoms with Gasteiger partial charge >= 0.3 is 0 Å². The van der Waals surface area contributed by atoms with Gasteiger partial charge in [0.25, 0.3) is 0 Å². The maximum absolute atomic E-state index is 12.9. The van der Waals surface area contributed by atoms with Gasteiger partial charge in [-0.1, -0.05) is 36.4 Å². The zero-order valence-corrected chi connectivity index (χ0v) is 15.5. The molecule has 0 radical (unpaired) electrons. The summed E-state index contributed by atoms with van der Waals surface area (Å²) in [6.45, 7) is 0.821. The summed E-state index contributed by atoms with van der Waals surface area (Å²) in [4.78, 5) is 1.19. The van der Waals surface area contributed by atoms with Crippen LogP contribution in [0.5, 0.6) is 0 Å². The topological polar surface area (TPSA) is 50.5 Å². The third-order valence-corrected chi connectivity index (χ3v) is 6.77. The minimum atomic E-state index is -3.35. The van der Waals surface area contributed by atoms with E-state index in [1.54, 1.807) is 28.2 Å². The molecule has 0 amide bonds. The van der Waals surface area contributed by atoms with Crippen molar-refractivity contribution < 1.29 is 12.8 Å². The first-order chi connectivity index (χ1) is 12.1.